The molecule has 5 aliphatic rings. The van der Waals surface area contributed by atoms with Crippen molar-refractivity contribution in [3.63, 3.8) is 0 Å². The van der Waals surface area contributed by atoms with Gasteiger partial charge < -0.3 is 18.9 Å². The Labute approximate surface area is 218 Å². The van der Waals surface area contributed by atoms with Gasteiger partial charge in [0.25, 0.3) is 0 Å². The van der Waals surface area contributed by atoms with Gasteiger partial charge in [-0.05, 0) is 56.1 Å². The van der Waals surface area contributed by atoms with E-state index in [4.69, 9.17) is 18.9 Å². The molecule has 8 heteroatoms. The number of ketones is 2. The van der Waals surface area contributed by atoms with Gasteiger partial charge in [-0.2, -0.15) is 0 Å². The first-order valence-corrected chi connectivity index (χ1v) is 13.6. The Morgan fingerprint density at radius 1 is 1.16 bits per heavy atom. The summed E-state index contributed by atoms with van der Waals surface area (Å²) >= 11 is 0. The predicted octanol–water partition coefficient (Wildman–Crippen LogP) is 3.86. The van der Waals surface area contributed by atoms with Crippen LogP contribution in [0.4, 0.5) is 0 Å². The second kappa shape index (κ2) is 9.16. The van der Waals surface area contributed by atoms with Crippen LogP contribution < -0.4 is 0 Å². The van der Waals surface area contributed by atoms with Crippen LogP contribution in [0.3, 0.4) is 0 Å². The fraction of sp³-hybridized carbons (Fsp3) is 0.724. The smallest absolute Gasteiger partial charge is 0.303 e. The highest BCUT2D eigenvalue weighted by Crippen LogP contribution is 2.70. The number of hydrogen-bond acceptors (Lipinski definition) is 8. The molecule has 0 aromatic rings. The van der Waals surface area contributed by atoms with Gasteiger partial charge in [0.2, 0.25) is 5.78 Å². The van der Waals surface area contributed by atoms with Crippen LogP contribution in [0.2, 0.25) is 0 Å². The first kappa shape index (κ1) is 26.3. The summed E-state index contributed by atoms with van der Waals surface area (Å²) < 4.78 is 24.2. The Bertz CT molecular complexity index is 1080. The van der Waals surface area contributed by atoms with Gasteiger partial charge in [-0.25, -0.2) is 0 Å². The van der Waals surface area contributed by atoms with Crippen molar-refractivity contribution in [2.45, 2.75) is 97.2 Å². The van der Waals surface area contributed by atoms with E-state index in [1.54, 1.807) is 12.2 Å². The Balaban J connectivity index is 1.59. The van der Waals surface area contributed by atoms with Crippen LogP contribution in [0.1, 0.15) is 73.1 Å². The average molecular weight is 515 g/mol. The van der Waals surface area contributed by atoms with Gasteiger partial charge in [0, 0.05) is 30.6 Å². The lowest BCUT2D eigenvalue weighted by Gasteiger charge is -2.60. The van der Waals surface area contributed by atoms with Crippen molar-refractivity contribution in [1.82, 2.24) is 0 Å². The van der Waals surface area contributed by atoms with E-state index in [0.717, 1.165) is 24.8 Å². The third-order valence-corrected chi connectivity index (χ3v) is 9.93. The Morgan fingerprint density at radius 2 is 1.92 bits per heavy atom. The van der Waals surface area contributed by atoms with Crippen LogP contribution in [-0.2, 0) is 38.1 Å². The maximum atomic E-state index is 13.9. The highest BCUT2D eigenvalue weighted by molar-refractivity contribution is 6.01. The van der Waals surface area contributed by atoms with Gasteiger partial charge in [-0.1, -0.05) is 38.8 Å². The molecule has 0 bridgehead atoms. The van der Waals surface area contributed by atoms with E-state index >= 15 is 0 Å². The number of allylic oxidation sites excluding steroid dienone is 4. The zero-order valence-electron chi connectivity index (χ0n) is 22.4. The van der Waals surface area contributed by atoms with Gasteiger partial charge in [-0.3, -0.25) is 19.2 Å². The number of carbonyl (C=O) groups excluding carboxylic acids is 4. The van der Waals surface area contributed by atoms with Crippen molar-refractivity contribution >= 4 is 23.5 Å². The highest BCUT2D eigenvalue weighted by Gasteiger charge is 2.76. The first-order chi connectivity index (χ1) is 17.5. The number of fused-ring (bicyclic) bond motifs is 7. The lowest BCUT2D eigenvalue weighted by molar-refractivity contribution is -0.208. The number of carbonyl (C=O) groups is 4. The summed E-state index contributed by atoms with van der Waals surface area (Å²) in [4.78, 5) is 50.1. The highest BCUT2D eigenvalue weighted by atomic mass is 16.7. The van der Waals surface area contributed by atoms with Crippen LogP contribution in [0.5, 0.6) is 0 Å². The molecule has 0 aromatic carbocycles. The summed E-state index contributed by atoms with van der Waals surface area (Å²) in [5.74, 6) is -1.03. The van der Waals surface area contributed by atoms with Crippen LogP contribution >= 0.6 is 0 Å². The number of hydrogen-bond donors (Lipinski definition) is 0. The third kappa shape index (κ3) is 3.85. The Kier molecular flexibility index (Phi) is 6.51. The molecule has 37 heavy (non-hydrogen) atoms. The van der Waals surface area contributed by atoms with Crippen LogP contribution in [0, 0.1) is 28.6 Å². The van der Waals surface area contributed by atoms with Crippen molar-refractivity contribution in [1.29, 1.82) is 0 Å². The quantitative estimate of drug-likeness (QED) is 0.492. The maximum absolute atomic E-state index is 13.9. The van der Waals surface area contributed by atoms with Crippen LogP contribution in [-0.4, -0.2) is 54.2 Å². The third-order valence-electron chi connectivity index (χ3n) is 9.93. The molecule has 1 saturated heterocycles. The van der Waals surface area contributed by atoms with E-state index in [9.17, 15) is 19.2 Å². The van der Waals surface area contributed by atoms with Crippen molar-refractivity contribution in [2.24, 2.45) is 28.6 Å². The largest absolute Gasteiger partial charge is 0.462 e. The maximum Gasteiger partial charge on any atom is 0.303 e. The van der Waals surface area contributed by atoms with Gasteiger partial charge in [-0.15, -0.1) is 0 Å². The predicted molar refractivity (Wildman–Crippen MR) is 132 cm³/mol. The van der Waals surface area contributed by atoms with Gasteiger partial charge in [0.1, 0.15) is 6.10 Å². The molecule has 0 radical (unpaired) electrons. The molecular weight excluding hydrogens is 476 g/mol. The van der Waals surface area contributed by atoms with E-state index in [0.29, 0.717) is 19.3 Å². The normalized spacial score (nSPS) is 43.7. The molecule has 1 heterocycles. The standard InChI is InChI=1S/C29H38O8/c1-6-7-25-36-24-13-21-20-9-8-18-12-19(32)10-11-27(18,4)26(20)22(35-17(3)31)14-28(21,5)29(24,37-25)23(33)15-34-16(2)30/h10-12,20-22,24-26H,6-9,13-15H2,1-5H3/t20-,21-,22-,24+,25+,26+,27-,28-,29+/m0/s1. The van der Waals surface area contributed by atoms with Crippen molar-refractivity contribution < 1.29 is 38.1 Å². The van der Waals surface area contributed by atoms with Gasteiger partial charge in [0.05, 0.1) is 6.10 Å². The molecule has 0 amide bonds. The summed E-state index contributed by atoms with van der Waals surface area (Å²) in [7, 11) is 0. The molecule has 0 unspecified atom stereocenters. The zero-order valence-corrected chi connectivity index (χ0v) is 22.4. The summed E-state index contributed by atoms with van der Waals surface area (Å²) in [6.45, 7) is 8.57. The van der Waals surface area contributed by atoms with E-state index < -0.39 is 40.9 Å². The van der Waals surface area contributed by atoms with Crippen molar-refractivity contribution in [3.8, 4) is 0 Å². The molecule has 3 saturated carbocycles. The number of esters is 2. The minimum Gasteiger partial charge on any atom is -0.462 e. The first-order valence-electron chi connectivity index (χ1n) is 13.6. The lowest BCUT2D eigenvalue weighted by Crippen LogP contribution is -2.64. The molecular formula is C29H38O8. The summed E-state index contributed by atoms with van der Waals surface area (Å²) in [6, 6.07) is 0. The summed E-state index contributed by atoms with van der Waals surface area (Å²) in [6.07, 6.45) is 8.07. The van der Waals surface area contributed by atoms with E-state index in [-0.39, 0.29) is 41.9 Å². The molecule has 9 atom stereocenters. The molecule has 4 fully saturated rings. The second-order valence-corrected chi connectivity index (χ2v) is 11.9. The van der Waals surface area contributed by atoms with Gasteiger partial charge in [0.15, 0.2) is 24.3 Å². The van der Waals surface area contributed by atoms with Crippen LogP contribution in [0.25, 0.3) is 0 Å². The van der Waals surface area contributed by atoms with Gasteiger partial charge >= 0.3 is 11.9 Å². The average Bonchev–Trinajstić information content (AvgIpc) is 3.29. The zero-order chi connectivity index (χ0) is 26.8. The monoisotopic (exact) mass is 514 g/mol. The molecule has 8 nitrogen and oxygen atoms in total. The minimum absolute atomic E-state index is 0.00945. The van der Waals surface area contributed by atoms with Crippen molar-refractivity contribution in [3.05, 3.63) is 23.8 Å². The van der Waals surface area contributed by atoms with Crippen LogP contribution in [0.15, 0.2) is 23.8 Å². The summed E-state index contributed by atoms with van der Waals surface area (Å²) in [5, 5.41) is 0. The SMILES string of the molecule is CCC[C@@H]1O[C@@H]2C[C@H]3[C@@H]4CCC5=CC(=O)C=C[C@]5(C)[C@H]4[C@@H](OC(C)=O)C[C@]3(C)[C@]2(C(=O)COC(C)=O)O1. The molecule has 0 N–H and O–H groups in total. The number of Topliss-reactive ketones (excluding diaryl/α,β-unsaturated/α-hetero) is 1. The van der Waals surface area contributed by atoms with E-state index in [1.165, 1.54) is 13.8 Å². The minimum atomic E-state index is -1.29. The van der Waals surface area contributed by atoms with E-state index in [1.807, 2.05) is 13.0 Å². The molecule has 0 spiro atoms. The second-order valence-electron chi connectivity index (χ2n) is 11.9. The van der Waals surface area contributed by atoms with Crippen molar-refractivity contribution in [2.75, 3.05) is 6.61 Å². The summed E-state index contributed by atoms with van der Waals surface area (Å²) in [5.41, 5.74) is -1.32. The molecule has 1 aliphatic heterocycles. The molecule has 4 aliphatic carbocycles. The topological polar surface area (TPSA) is 105 Å². The Hall–Kier alpha value is -2.32. The lowest BCUT2D eigenvalue weighted by atomic mass is 9.46. The van der Waals surface area contributed by atoms with E-state index in [2.05, 4.69) is 13.8 Å². The Morgan fingerprint density at radius 3 is 2.59 bits per heavy atom. The molecule has 5 rings (SSSR count). The number of rotatable bonds is 6. The molecule has 202 valence electrons. The fourth-order valence-electron chi connectivity index (χ4n) is 8.57. The fourth-order valence-corrected chi connectivity index (χ4v) is 8.57. The molecule has 0 aromatic heterocycles. The number of ether oxygens (including phenoxy) is 4.